The van der Waals surface area contributed by atoms with Crippen LogP contribution in [0.5, 0.6) is 0 Å². The minimum atomic E-state index is 0.242. The van der Waals surface area contributed by atoms with E-state index < -0.39 is 0 Å². The number of nitrogens with one attached hydrogen (secondary N) is 1. The Morgan fingerprint density at radius 2 is 1.78 bits per heavy atom. The largest absolute Gasteiger partial charge is 0.313 e. The maximum absolute atomic E-state index is 3.60. The van der Waals surface area contributed by atoms with E-state index in [-0.39, 0.29) is 5.41 Å². The van der Waals surface area contributed by atoms with Crippen LogP contribution in [0.25, 0.3) is 0 Å². The molecule has 0 bridgehead atoms. The first-order chi connectivity index (χ1) is 8.42. The summed E-state index contributed by atoms with van der Waals surface area (Å²) in [5.41, 5.74) is 1.67. The van der Waals surface area contributed by atoms with Gasteiger partial charge in [-0.2, -0.15) is 0 Å². The van der Waals surface area contributed by atoms with Crippen molar-refractivity contribution >= 4 is 0 Å². The van der Waals surface area contributed by atoms with Crippen molar-refractivity contribution in [3.05, 3.63) is 35.9 Å². The van der Waals surface area contributed by atoms with Crippen LogP contribution in [0.3, 0.4) is 0 Å². The molecule has 2 heteroatoms. The van der Waals surface area contributed by atoms with E-state index in [4.69, 9.17) is 0 Å². The molecule has 1 aromatic carbocycles. The van der Waals surface area contributed by atoms with Gasteiger partial charge in [0, 0.05) is 12.6 Å². The number of hydrogen-bond acceptors (Lipinski definition) is 2. The van der Waals surface area contributed by atoms with Crippen LogP contribution in [0.15, 0.2) is 30.3 Å². The fraction of sp³-hybridized carbons (Fsp3) is 0.625. The van der Waals surface area contributed by atoms with Gasteiger partial charge >= 0.3 is 0 Å². The van der Waals surface area contributed by atoms with Gasteiger partial charge in [0.15, 0.2) is 0 Å². The lowest BCUT2D eigenvalue weighted by molar-refractivity contribution is 0.339. The molecule has 18 heavy (non-hydrogen) atoms. The Hall–Kier alpha value is -0.860. The van der Waals surface area contributed by atoms with Crippen molar-refractivity contribution in [2.75, 3.05) is 27.2 Å². The summed E-state index contributed by atoms with van der Waals surface area (Å²) in [6.07, 6.45) is 1.16. The van der Waals surface area contributed by atoms with Crippen molar-refractivity contribution in [3.8, 4) is 0 Å². The van der Waals surface area contributed by atoms with Crippen molar-refractivity contribution < 1.29 is 0 Å². The first kappa shape index (κ1) is 15.2. The smallest absolute Gasteiger partial charge is 0.0166 e. The highest BCUT2D eigenvalue weighted by Gasteiger charge is 2.19. The van der Waals surface area contributed by atoms with Crippen LogP contribution in [0.2, 0.25) is 0 Å². The zero-order valence-corrected chi connectivity index (χ0v) is 12.5. The van der Waals surface area contributed by atoms with Crippen molar-refractivity contribution in [1.82, 2.24) is 10.2 Å². The van der Waals surface area contributed by atoms with Crippen LogP contribution in [0, 0.1) is 0 Å². The van der Waals surface area contributed by atoms with Crippen molar-refractivity contribution in [2.45, 2.75) is 38.6 Å². The molecule has 2 nitrogen and oxygen atoms in total. The second-order valence-corrected chi connectivity index (χ2v) is 6.12. The molecule has 0 fully saturated rings. The third-order valence-electron chi connectivity index (χ3n) is 3.44. The average molecular weight is 248 g/mol. The molecular formula is C16H28N2. The molecule has 1 atom stereocenters. The highest BCUT2D eigenvalue weighted by molar-refractivity contribution is 5.23. The molecule has 1 N–H and O–H groups in total. The highest BCUT2D eigenvalue weighted by atomic mass is 15.1. The molecule has 0 spiro atoms. The van der Waals surface area contributed by atoms with Gasteiger partial charge in [-0.1, -0.05) is 44.2 Å². The van der Waals surface area contributed by atoms with Gasteiger partial charge in [-0.25, -0.2) is 0 Å². The van der Waals surface area contributed by atoms with E-state index in [9.17, 15) is 0 Å². The van der Waals surface area contributed by atoms with Gasteiger partial charge in [-0.3, -0.25) is 0 Å². The minimum absolute atomic E-state index is 0.242. The molecule has 0 aliphatic heterocycles. The standard InChI is InChI=1S/C16H28N2/c1-14(13-18(4)5)17-12-11-16(2,3)15-9-7-6-8-10-15/h6-10,14,17H,11-13H2,1-5H3. The molecule has 102 valence electrons. The van der Waals surface area contributed by atoms with Crippen molar-refractivity contribution in [2.24, 2.45) is 0 Å². The summed E-state index contributed by atoms with van der Waals surface area (Å²) in [5, 5.41) is 3.60. The van der Waals surface area contributed by atoms with Crippen LogP contribution in [-0.4, -0.2) is 38.1 Å². The van der Waals surface area contributed by atoms with E-state index >= 15 is 0 Å². The summed E-state index contributed by atoms with van der Waals surface area (Å²) < 4.78 is 0. The van der Waals surface area contributed by atoms with Crippen molar-refractivity contribution in [1.29, 1.82) is 0 Å². The Morgan fingerprint density at radius 3 is 2.33 bits per heavy atom. The third-order valence-corrected chi connectivity index (χ3v) is 3.44. The van der Waals surface area contributed by atoms with Crippen LogP contribution in [0.1, 0.15) is 32.8 Å². The summed E-state index contributed by atoms with van der Waals surface area (Å²) in [6.45, 7) is 9.04. The molecule has 1 rings (SSSR count). The molecule has 0 saturated heterocycles. The van der Waals surface area contributed by atoms with E-state index in [1.807, 2.05) is 0 Å². The zero-order chi connectivity index (χ0) is 13.6. The van der Waals surface area contributed by atoms with E-state index in [0.717, 1.165) is 19.5 Å². The van der Waals surface area contributed by atoms with Gasteiger partial charge in [-0.05, 0) is 45.0 Å². The van der Waals surface area contributed by atoms with Crippen LogP contribution < -0.4 is 5.32 Å². The molecule has 0 saturated carbocycles. The molecule has 0 heterocycles. The first-order valence-electron chi connectivity index (χ1n) is 6.85. The third kappa shape index (κ3) is 5.19. The summed E-state index contributed by atoms with van der Waals surface area (Å²) in [4.78, 5) is 2.22. The topological polar surface area (TPSA) is 15.3 Å². The fourth-order valence-electron chi connectivity index (χ4n) is 2.28. The lowest BCUT2D eigenvalue weighted by atomic mass is 9.81. The monoisotopic (exact) mass is 248 g/mol. The van der Waals surface area contributed by atoms with Gasteiger partial charge in [0.1, 0.15) is 0 Å². The van der Waals surface area contributed by atoms with Crippen LogP contribution in [0.4, 0.5) is 0 Å². The van der Waals surface area contributed by atoms with E-state index in [2.05, 4.69) is 75.4 Å². The van der Waals surface area contributed by atoms with Gasteiger partial charge < -0.3 is 10.2 Å². The second kappa shape index (κ2) is 6.91. The molecule has 0 aliphatic carbocycles. The summed E-state index contributed by atoms with van der Waals surface area (Å²) in [7, 11) is 4.23. The Labute approximate surface area is 112 Å². The predicted molar refractivity (Wildman–Crippen MR) is 80.1 cm³/mol. The molecule has 1 unspecified atom stereocenters. The minimum Gasteiger partial charge on any atom is -0.313 e. The first-order valence-corrected chi connectivity index (χ1v) is 6.85. The quantitative estimate of drug-likeness (QED) is 0.798. The van der Waals surface area contributed by atoms with Gasteiger partial charge in [0.25, 0.3) is 0 Å². The lowest BCUT2D eigenvalue weighted by Gasteiger charge is -2.27. The molecule has 0 aromatic heterocycles. The summed E-state index contributed by atoms with van der Waals surface area (Å²) in [6, 6.07) is 11.3. The Morgan fingerprint density at radius 1 is 1.17 bits per heavy atom. The average Bonchev–Trinajstić information content (AvgIpc) is 2.29. The summed E-state index contributed by atoms with van der Waals surface area (Å²) in [5.74, 6) is 0. The lowest BCUT2D eigenvalue weighted by Crippen LogP contribution is -2.37. The highest BCUT2D eigenvalue weighted by Crippen LogP contribution is 2.25. The normalized spacial score (nSPS) is 13.9. The fourth-order valence-corrected chi connectivity index (χ4v) is 2.28. The maximum atomic E-state index is 3.60. The Balaban J connectivity index is 2.38. The van der Waals surface area contributed by atoms with Gasteiger partial charge in [0.05, 0.1) is 0 Å². The predicted octanol–water partition coefficient (Wildman–Crippen LogP) is 2.89. The second-order valence-electron chi connectivity index (χ2n) is 6.12. The number of nitrogens with zero attached hydrogens (tertiary/aromatic N) is 1. The van der Waals surface area contributed by atoms with Gasteiger partial charge in [-0.15, -0.1) is 0 Å². The molecule has 0 amide bonds. The van der Waals surface area contributed by atoms with Crippen LogP contribution in [-0.2, 0) is 5.41 Å². The maximum Gasteiger partial charge on any atom is 0.0166 e. The van der Waals surface area contributed by atoms with E-state index in [1.165, 1.54) is 5.56 Å². The molecule has 0 aliphatic rings. The van der Waals surface area contributed by atoms with Crippen molar-refractivity contribution in [3.63, 3.8) is 0 Å². The summed E-state index contributed by atoms with van der Waals surface area (Å²) >= 11 is 0. The Bertz CT molecular complexity index is 330. The van der Waals surface area contributed by atoms with E-state index in [0.29, 0.717) is 6.04 Å². The molecule has 0 radical (unpaired) electrons. The van der Waals surface area contributed by atoms with E-state index in [1.54, 1.807) is 0 Å². The number of rotatable bonds is 7. The SMILES string of the molecule is CC(CN(C)C)NCCC(C)(C)c1ccccc1. The Kier molecular flexibility index (Phi) is 5.83. The zero-order valence-electron chi connectivity index (χ0n) is 12.5. The number of likely N-dealkylation sites (N-methyl/N-ethyl adjacent to an activating group) is 1. The molecular weight excluding hydrogens is 220 g/mol. The van der Waals surface area contributed by atoms with Crippen LogP contribution >= 0.6 is 0 Å². The number of hydrogen-bond donors (Lipinski definition) is 1. The number of benzene rings is 1. The van der Waals surface area contributed by atoms with Gasteiger partial charge in [0.2, 0.25) is 0 Å². The molecule has 1 aromatic rings.